The molecule has 0 aliphatic carbocycles. The molecule has 1 heterocycles. The summed E-state index contributed by atoms with van der Waals surface area (Å²) < 4.78 is 5.72. The SMILES string of the molecule is CCC#Cc1ccc(C2=Nc3cc(Cl)ccc3OC2)cc1. The average molecular weight is 296 g/mol. The van der Waals surface area contributed by atoms with E-state index in [0.29, 0.717) is 11.6 Å². The second-order valence-electron chi connectivity index (χ2n) is 4.69. The molecule has 0 aromatic heterocycles. The van der Waals surface area contributed by atoms with Gasteiger partial charge in [0.2, 0.25) is 0 Å². The van der Waals surface area contributed by atoms with Crippen molar-refractivity contribution >= 4 is 23.0 Å². The van der Waals surface area contributed by atoms with Crippen molar-refractivity contribution in [2.24, 2.45) is 4.99 Å². The normalized spacial score (nSPS) is 12.6. The highest BCUT2D eigenvalue weighted by Crippen LogP contribution is 2.33. The molecule has 0 radical (unpaired) electrons. The molecular weight excluding hydrogens is 282 g/mol. The average Bonchev–Trinajstić information content (AvgIpc) is 2.52. The minimum Gasteiger partial charge on any atom is -0.485 e. The van der Waals surface area contributed by atoms with E-state index >= 15 is 0 Å². The zero-order valence-corrected chi connectivity index (χ0v) is 12.4. The number of benzene rings is 2. The highest BCUT2D eigenvalue weighted by molar-refractivity contribution is 6.31. The smallest absolute Gasteiger partial charge is 0.145 e. The van der Waals surface area contributed by atoms with Gasteiger partial charge in [0, 0.05) is 17.0 Å². The van der Waals surface area contributed by atoms with E-state index in [1.807, 2.05) is 49.4 Å². The molecule has 0 amide bonds. The van der Waals surface area contributed by atoms with Crippen molar-refractivity contribution in [2.45, 2.75) is 13.3 Å². The van der Waals surface area contributed by atoms with Gasteiger partial charge in [-0.05, 0) is 35.9 Å². The topological polar surface area (TPSA) is 21.6 Å². The van der Waals surface area contributed by atoms with Gasteiger partial charge in [0.15, 0.2) is 0 Å². The van der Waals surface area contributed by atoms with Crippen molar-refractivity contribution in [3.63, 3.8) is 0 Å². The summed E-state index contributed by atoms with van der Waals surface area (Å²) in [5.41, 5.74) is 3.74. The van der Waals surface area contributed by atoms with Gasteiger partial charge in [0.25, 0.3) is 0 Å². The molecular formula is C18H14ClNO. The standard InChI is InChI=1S/C18H14ClNO/c1-2-3-4-13-5-7-14(8-6-13)17-12-21-18-10-9-15(19)11-16(18)20-17/h5-11H,2,12H2,1H3. The highest BCUT2D eigenvalue weighted by Gasteiger charge is 2.14. The van der Waals surface area contributed by atoms with Crippen molar-refractivity contribution < 1.29 is 4.74 Å². The molecule has 0 N–H and O–H groups in total. The van der Waals surface area contributed by atoms with E-state index in [1.165, 1.54) is 0 Å². The lowest BCUT2D eigenvalue weighted by Crippen LogP contribution is -2.16. The predicted octanol–water partition coefficient (Wildman–Crippen LogP) is 4.61. The van der Waals surface area contributed by atoms with Crippen molar-refractivity contribution in [3.05, 3.63) is 58.6 Å². The Morgan fingerprint density at radius 3 is 2.76 bits per heavy atom. The third-order valence-corrected chi connectivity index (χ3v) is 3.40. The van der Waals surface area contributed by atoms with Crippen LogP contribution in [-0.2, 0) is 0 Å². The molecule has 2 nitrogen and oxygen atoms in total. The Bertz CT molecular complexity index is 751. The summed E-state index contributed by atoms with van der Waals surface area (Å²) in [4.78, 5) is 4.64. The Balaban J connectivity index is 1.91. The van der Waals surface area contributed by atoms with E-state index in [0.717, 1.165) is 34.7 Å². The van der Waals surface area contributed by atoms with Gasteiger partial charge in [0.1, 0.15) is 18.0 Å². The molecule has 1 aliphatic rings. The van der Waals surface area contributed by atoms with Gasteiger partial charge in [-0.2, -0.15) is 0 Å². The van der Waals surface area contributed by atoms with Crippen LogP contribution in [0.4, 0.5) is 5.69 Å². The van der Waals surface area contributed by atoms with E-state index in [4.69, 9.17) is 16.3 Å². The fraction of sp³-hybridized carbons (Fsp3) is 0.167. The first-order valence-corrected chi connectivity index (χ1v) is 7.23. The predicted molar refractivity (Wildman–Crippen MR) is 86.8 cm³/mol. The monoisotopic (exact) mass is 295 g/mol. The van der Waals surface area contributed by atoms with Crippen LogP contribution in [0.15, 0.2) is 47.5 Å². The molecule has 0 bridgehead atoms. The molecule has 104 valence electrons. The van der Waals surface area contributed by atoms with Gasteiger partial charge < -0.3 is 4.74 Å². The van der Waals surface area contributed by atoms with Crippen molar-refractivity contribution in [3.8, 4) is 17.6 Å². The number of hydrogen-bond acceptors (Lipinski definition) is 2. The molecule has 0 saturated carbocycles. The second kappa shape index (κ2) is 6.03. The molecule has 1 aliphatic heterocycles. The number of hydrogen-bond donors (Lipinski definition) is 0. The van der Waals surface area contributed by atoms with Crippen LogP contribution in [0.1, 0.15) is 24.5 Å². The van der Waals surface area contributed by atoms with Gasteiger partial charge in [-0.25, -0.2) is 4.99 Å². The largest absolute Gasteiger partial charge is 0.485 e. The van der Waals surface area contributed by atoms with Gasteiger partial charge >= 0.3 is 0 Å². The Morgan fingerprint density at radius 2 is 2.00 bits per heavy atom. The van der Waals surface area contributed by atoms with Crippen LogP contribution in [0.25, 0.3) is 0 Å². The molecule has 0 unspecified atom stereocenters. The van der Waals surface area contributed by atoms with E-state index < -0.39 is 0 Å². The fourth-order valence-electron chi connectivity index (χ4n) is 2.11. The lowest BCUT2D eigenvalue weighted by atomic mass is 10.1. The molecule has 2 aromatic rings. The maximum atomic E-state index is 6.00. The Kier molecular flexibility index (Phi) is 3.94. The van der Waals surface area contributed by atoms with Gasteiger partial charge in [-0.3, -0.25) is 0 Å². The van der Waals surface area contributed by atoms with Crippen LogP contribution in [0.5, 0.6) is 5.75 Å². The van der Waals surface area contributed by atoms with Crippen LogP contribution >= 0.6 is 11.6 Å². The van der Waals surface area contributed by atoms with E-state index in [2.05, 4.69) is 16.8 Å². The van der Waals surface area contributed by atoms with E-state index in [9.17, 15) is 0 Å². The lowest BCUT2D eigenvalue weighted by Gasteiger charge is -2.17. The fourth-order valence-corrected chi connectivity index (χ4v) is 2.27. The van der Waals surface area contributed by atoms with Crippen molar-refractivity contribution in [1.82, 2.24) is 0 Å². The number of aliphatic imine (C=N–C) groups is 1. The first-order valence-electron chi connectivity index (χ1n) is 6.85. The van der Waals surface area contributed by atoms with Crippen LogP contribution in [-0.4, -0.2) is 12.3 Å². The number of rotatable bonds is 1. The molecule has 0 saturated heterocycles. The minimum absolute atomic E-state index is 0.467. The molecule has 21 heavy (non-hydrogen) atoms. The third kappa shape index (κ3) is 3.09. The molecule has 0 fully saturated rings. The molecule has 3 rings (SSSR count). The minimum atomic E-state index is 0.467. The van der Waals surface area contributed by atoms with Crippen LogP contribution < -0.4 is 4.74 Å². The van der Waals surface area contributed by atoms with Crippen molar-refractivity contribution in [1.29, 1.82) is 0 Å². The summed E-state index contributed by atoms with van der Waals surface area (Å²) in [6, 6.07) is 13.5. The summed E-state index contributed by atoms with van der Waals surface area (Å²) in [7, 11) is 0. The molecule has 3 heteroatoms. The summed E-state index contributed by atoms with van der Waals surface area (Å²) in [6.07, 6.45) is 0.861. The van der Waals surface area contributed by atoms with Gasteiger partial charge in [0.05, 0.1) is 5.71 Å². The summed E-state index contributed by atoms with van der Waals surface area (Å²) in [5, 5.41) is 0.660. The van der Waals surface area contributed by atoms with Crippen LogP contribution in [0, 0.1) is 11.8 Å². The molecule has 0 spiro atoms. The van der Waals surface area contributed by atoms with Crippen LogP contribution in [0.3, 0.4) is 0 Å². The quantitative estimate of drug-likeness (QED) is 0.704. The van der Waals surface area contributed by atoms with Gasteiger partial charge in [-0.1, -0.05) is 42.5 Å². The molecule has 0 atom stereocenters. The maximum Gasteiger partial charge on any atom is 0.145 e. The maximum absolute atomic E-state index is 6.00. The van der Waals surface area contributed by atoms with E-state index in [1.54, 1.807) is 0 Å². The number of ether oxygens (including phenoxy) is 1. The third-order valence-electron chi connectivity index (χ3n) is 3.17. The lowest BCUT2D eigenvalue weighted by molar-refractivity contribution is 0.373. The zero-order chi connectivity index (χ0) is 14.7. The van der Waals surface area contributed by atoms with Crippen LogP contribution in [0.2, 0.25) is 5.02 Å². The number of nitrogens with zero attached hydrogens (tertiary/aromatic N) is 1. The summed E-state index contributed by atoms with van der Waals surface area (Å²) in [5.74, 6) is 6.94. The summed E-state index contributed by atoms with van der Waals surface area (Å²) in [6.45, 7) is 2.51. The second-order valence-corrected chi connectivity index (χ2v) is 5.13. The summed E-state index contributed by atoms with van der Waals surface area (Å²) >= 11 is 6.00. The first-order chi connectivity index (χ1) is 10.3. The Morgan fingerprint density at radius 1 is 1.19 bits per heavy atom. The van der Waals surface area contributed by atoms with E-state index in [-0.39, 0.29) is 0 Å². The zero-order valence-electron chi connectivity index (χ0n) is 11.7. The molecule has 2 aromatic carbocycles. The number of halogens is 1. The Hall–Kier alpha value is -2.24. The van der Waals surface area contributed by atoms with Crippen molar-refractivity contribution in [2.75, 3.05) is 6.61 Å². The van der Waals surface area contributed by atoms with Gasteiger partial charge in [-0.15, -0.1) is 0 Å². The highest BCUT2D eigenvalue weighted by atomic mass is 35.5. The Labute approximate surface area is 129 Å². The first kappa shape index (κ1) is 13.7. The number of fused-ring (bicyclic) bond motifs is 1.